The number of nitrogens with zero attached hydrogens (tertiary/aromatic N) is 1. The fraction of sp³-hybridized carbons (Fsp3) is 0.0909. The van der Waals surface area contributed by atoms with E-state index in [4.69, 9.17) is 16.7 Å². The summed E-state index contributed by atoms with van der Waals surface area (Å²) in [7, 11) is 0. The van der Waals surface area contributed by atoms with E-state index in [-0.39, 0.29) is 17.9 Å². The van der Waals surface area contributed by atoms with Crippen molar-refractivity contribution in [3.05, 3.63) is 41.1 Å². The molecule has 5 heteroatoms. The molecule has 1 aromatic carbocycles. The average Bonchev–Trinajstić information content (AvgIpc) is 2.62. The van der Waals surface area contributed by atoms with Gasteiger partial charge in [-0.2, -0.15) is 0 Å². The summed E-state index contributed by atoms with van der Waals surface area (Å²) in [5.74, 6) is -1.32. The summed E-state index contributed by atoms with van der Waals surface area (Å²) in [4.78, 5) is 23.6. The second-order valence-electron chi connectivity index (χ2n) is 3.38. The highest BCUT2D eigenvalue weighted by molar-refractivity contribution is 6.30. The molecule has 1 aliphatic heterocycles. The molecule has 4 nitrogen and oxygen atoms in total. The molecular formula is C11H8ClNO3. The zero-order chi connectivity index (χ0) is 11.7. The molecule has 1 aromatic rings. The van der Waals surface area contributed by atoms with Crippen LogP contribution in [-0.4, -0.2) is 17.0 Å². The predicted molar refractivity (Wildman–Crippen MR) is 59.3 cm³/mol. The lowest BCUT2D eigenvalue weighted by atomic mass is 10.2. The van der Waals surface area contributed by atoms with Gasteiger partial charge in [0.05, 0.1) is 12.0 Å². The van der Waals surface area contributed by atoms with Gasteiger partial charge in [-0.1, -0.05) is 11.6 Å². The Bertz CT molecular complexity index is 479. The average molecular weight is 238 g/mol. The normalized spacial score (nSPS) is 15.2. The van der Waals surface area contributed by atoms with Crippen LogP contribution >= 0.6 is 11.6 Å². The van der Waals surface area contributed by atoms with Gasteiger partial charge in [-0.25, -0.2) is 4.79 Å². The van der Waals surface area contributed by atoms with Gasteiger partial charge in [0.2, 0.25) is 5.91 Å². The number of hydrogen-bond donors (Lipinski definition) is 1. The molecule has 0 spiro atoms. The molecule has 0 aliphatic carbocycles. The Balaban J connectivity index is 2.31. The van der Waals surface area contributed by atoms with Crippen LogP contribution in [0.1, 0.15) is 6.42 Å². The molecule has 0 bridgehead atoms. The van der Waals surface area contributed by atoms with Crippen LogP contribution in [0.3, 0.4) is 0 Å². The second-order valence-corrected chi connectivity index (χ2v) is 3.81. The van der Waals surface area contributed by atoms with Gasteiger partial charge in [0, 0.05) is 16.9 Å². The Morgan fingerprint density at radius 3 is 2.44 bits per heavy atom. The molecule has 1 heterocycles. The number of anilines is 1. The van der Waals surface area contributed by atoms with Crippen LogP contribution in [0, 0.1) is 0 Å². The summed E-state index contributed by atoms with van der Waals surface area (Å²) >= 11 is 5.72. The van der Waals surface area contributed by atoms with Crippen molar-refractivity contribution in [2.24, 2.45) is 0 Å². The summed E-state index contributed by atoms with van der Waals surface area (Å²) in [6.45, 7) is 0. The molecule has 2 rings (SSSR count). The maximum atomic E-state index is 11.6. The maximum absolute atomic E-state index is 11.6. The number of aliphatic carboxylic acids is 1. The van der Waals surface area contributed by atoms with Crippen molar-refractivity contribution in [1.29, 1.82) is 0 Å². The van der Waals surface area contributed by atoms with Crippen LogP contribution in [0.2, 0.25) is 5.02 Å². The van der Waals surface area contributed by atoms with E-state index >= 15 is 0 Å². The SMILES string of the molecule is O=C(O)C1=CN(c2ccc(Cl)cc2)C(=O)C1. The second kappa shape index (κ2) is 3.98. The summed E-state index contributed by atoms with van der Waals surface area (Å²) in [5.41, 5.74) is 0.714. The van der Waals surface area contributed by atoms with Crippen LogP contribution in [0.5, 0.6) is 0 Å². The number of halogens is 1. The third kappa shape index (κ3) is 1.92. The lowest BCUT2D eigenvalue weighted by Crippen LogP contribution is -2.19. The van der Waals surface area contributed by atoms with E-state index < -0.39 is 5.97 Å². The van der Waals surface area contributed by atoms with Crippen LogP contribution in [0.25, 0.3) is 0 Å². The van der Waals surface area contributed by atoms with Gasteiger partial charge in [-0.3, -0.25) is 9.69 Å². The zero-order valence-electron chi connectivity index (χ0n) is 8.18. The largest absolute Gasteiger partial charge is 0.478 e. The summed E-state index contributed by atoms with van der Waals surface area (Å²) in [5, 5.41) is 9.34. The molecule has 0 fully saturated rings. The van der Waals surface area contributed by atoms with Crippen molar-refractivity contribution < 1.29 is 14.7 Å². The first-order chi connectivity index (χ1) is 7.58. The standard InChI is InChI=1S/C11H8ClNO3/c12-8-1-3-9(4-2-8)13-6-7(11(15)16)5-10(13)14/h1-4,6H,5H2,(H,15,16). The fourth-order valence-electron chi connectivity index (χ4n) is 1.47. The molecule has 82 valence electrons. The number of benzene rings is 1. The lowest BCUT2D eigenvalue weighted by Gasteiger charge is -2.12. The number of carbonyl (C=O) groups is 2. The quantitative estimate of drug-likeness (QED) is 0.856. The first kappa shape index (κ1) is 10.7. The van der Waals surface area contributed by atoms with E-state index in [2.05, 4.69) is 0 Å². The number of carboxylic acids is 1. The minimum atomic E-state index is -1.06. The van der Waals surface area contributed by atoms with Gasteiger partial charge >= 0.3 is 5.97 Å². The van der Waals surface area contributed by atoms with Crippen molar-refractivity contribution in [1.82, 2.24) is 0 Å². The topological polar surface area (TPSA) is 57.6 Å². The van der Waals surface area contributed by atoms with E-state index in [0.717, 1.165) is 0 Å². The number of carboxylic acid groups (broad SMARTS) is 1. The summed E-state index contributed by atoms with van der Waals surface area (Å²) in [6.07, 6.45) is 1.27. The number of hydrogen-bond acceptors (Lipinski definition) is 2. The third-order valence-corrected chi connectivity index (χ3v) is 2.53. The number of rotatable bonds is 2. The molecule has 0 atom stereocenters. The first-order valence-electron chi connectivity index (χ1n) is 4.59. The summed E-state index contributed by atoms with van der Waals surface area (Å²) < 4.78 is 0. The monoisotopic (exact) mass is 237 g/mol. The van der Waals surface area contributed by atoms with Crippen LogP contribution < -0.4 is 4.90 Å². The van der Waals surface area contributed by atoms with Crippen molar-refractivity contribution in [2.45, 2.75) is 6.42 Å². The van der Waals surface area contributed by atoms with Crippen molar-refractivity contribution >= 4 is 29.2 Å². The highest BCUT2D eigenvalue weighted by Gasteiger charge is 2.26. The van der Waals surface area contributed by atoms with Crippen molar-refractivity contribution in [3.8, 4) is 0 Å². The van der Waals surface area contributed by atoms with Crippen LogP contribution in [-0.2, 0) is 9.59 Å². The Morgan fingerprint density at radius 2 is 1.94 bits per heavy atom. The minimum absolute atomic E-state index is 0.0715. The van der Waals surface area contributed by atoms with E-state index in [1.807, 2.05) is 0 Å². The Morgan fingerprint density at radius 1 is 1.31 bits per heavy atom. The van der Waals surface area contributed by atoms with Crippen LogP contribution in [0.4, 0.5) is 5.69 Å². The van der Waals surface area contributed by atoms with Gasteiger partial charge in [-0.05, 0) is 24.3 Å². The van der Waals surface area contributed by atoms with Crippen molar-refractivity contribution in [2.75, 3.05) is 4.90 Å². The van der Waals surface area contributed by atoms with E-state index in [0.29, 0.717) is 10.7 Å². The Hall–Kier alpha value is -1.81. The molecule has 0 saturated heterocycles. The van der Waals surface area contributed by atoms with Gasteiger partial charge in [0.1, 0.15) is 0 Å². The van der Waals surface area contributed by atoms with Crippen LogP contribution in [0.15, 0.2) is 36.0 Å². The van der Waals surface area contributed by atoms with E-state index in [9.17, 15) is 9.59 Å². The number of amides is 1. The first-order valence-corrected chi connectivity index (χ1v) is 4.97. The lowest BCUT2D eigenvalue weighted by molar-refractivity contribution is -0.133. The number of carbonyl (C=O) groups excluding carboxylic acids is 1. The molecule has 1 aliphatic rings. The smallest absolute Gasteiger partial charge is 0.333 e. The maximum Gasteiger partial charge on any atom is 0.333 e. The predicted octanol–water partition coefficient (Wildman–Crippen LogP) is 2.05. The van der Waals surface area contributed by atoms with Gasteiger partial charge in [0.25, 0.3) is 0 Å². The molecule has 16 heavy (non-hydrogen) atoms. The van der Waals surface area contributed by atoms with E-state index in [1.54, 1.807) is 24.3 Å². The molecule has 1 N–H and O–H groups in total. The molecule has 0 aromatic heterocycles. The Labute approximate surface area is 96.7 Å². The van der Waals surface area contributed by atoms with E-state index in [1.165, 1.54) is 11.1 Å². The molecule has 1 amide bonds. The zero-order valence-corrected chi connectivity index (χ0v) is 8.94. The molecular weight excluding hydrogens is 230 g/mol. The Kier molecular flexibility index (Phi) is 2.66. The molecule has 0 radical (unpaired) electrons. The summed E-state index contributed by atoms with van der Waals surface area (Å²) in [6, 6.07) is 6.64. The highest BCUT2D eigenvalue weighted by atomic mass is 35.5. The van der Waals surface area contributed by atoms with Gasteiger partial charge in [0.15, 0.2) is 0 Å². The van der Waals surface area contributed by atoms with Gasteiger partial charge in [-0.15, -0.1) is 0 Å². The highest BCUT2D eigenvalue weighted by Crippen LogP contribution is 2.25. The van der Waals surface area contributed by atoms with Gasteiger partial charge < -0.3 is 5.11 Å². The van der Waals surface area contributed by atoms with Crippen molar-refractivity contribution in [3.63, 3.8) is 0 Å². The third-order valence-electron chi connectivity index (χ3n) is 2.27. The minimum Gasteiger partial charge on any atom is -0.478 e. The fourth-order valence-corrected chi connectivity index (χ4v) is 1.60. The molecule has 0 saturated carbocycles. The molecule has 0 unspecified atom stereocenters.